The molecule has 0 aliphatic rings. The summed E-state index contributed by atoms with van der Waals surface area (Å²) in [6.45, 7) is 5.35. The van der Waals surface area contributed by atoms with Crippen molar-refractivity contribution in [3.05, 3.63) is 34.3 Å². The Morgan fingerprint density at radius 2 is 2.33 bits per heavy atom. The van der Waals surface area contributed by atoms with Crippen LogP contribution in [-0.2, 0) is 15.1 Å². The van der Waals surface area contributed by atoms with Crippen LogP contribution in [0, 0.1) is 10.1 Å². The second-order valence-electron chi connectivity index (χ2n) is 4.07. The van der Waals surface area contributed by atoms with Gasteiger partial charge in [-0.05, 0) is 26.8 Å². The van der Waals surface area contributed by atoms with Gasteiger partial charge >= 0.3 is 5.97 Å². The van der Waals surface area contributed by atoms with E-state index in [1.54, 1.807) is 33.0 Å². The Morgan fingerprint density at radius 3 is 2.89 bits per heavy atom. The predicted octanol–water partition coefficient (Wildman–Crippen LogP) is 1.43. The second-order valence-corrected chi connectivity index (χ2v) is 4.07. The van der Waals surface area contributed by atoms with E-state index in [0.717, 1.165) is 6.20 Å². The second kappa shape index (κ2) is 5.44. The van der Waals surface area contributed by atoms with Crippen LogP contribution >= 0.6 is 0 Å². The zero-order valence-corrected chi connectivity index (χ0v) is 10.5. The predicted molar refractivity (Wildman–Crippen MR) is 64.2 cm³/mol. The number of hydrogen-bond donors (Lipinski definition) is 0. The number of rotatable bonds is 5. The fourth-order valence-corrected chi connectivity index (χ4v) is 1.28. The van der Waals surface area contributed by atoms with Crippen molar-refractivity contribution in [2.45, 2.75) is 26.3 Å². The van der Waals surface area contributed by atoms with Crippen LogP contribution < -0.4 is 0 Å². The number of esters is 1. The maximum absolute atomic E-state index is 11.7. The van der Waals surface area contributed by atoms with Crippen molar-refractivity contribution >= 4 is 12.0 Å². The molecule has 7 nitrogen and oxygen atoms in total. The van der Waals surface area contributed by atoms with Gasteiger partial charge in [0.15, 0.2) is 5.54 Å². The third-order valence-electron chi connectivity index (χ3n) is 2.32. The largest absolute Gasteiger partial charge is 0.464 e. The highest BCUT2D eigenvalue weighted by Crippen LogP contribution is 2.17. The molecule has 1 heterocycles. The monoisotopic (exact) mass is 253 g/mol. The molecule has 1 aromatic heterocycles. The van der Waals surface area contributed by atoms with Gasteiger partial charge in [0, 0.05) is 12.3 Å². The average molecular weight is 253 g/mol. The Morgan fingerprint density at radius 1 is 1.67 bits per heavy atom. The Kier molecular flexibility index (Phi) is 4.19. The first-order chi connectivity index (χ1) is 8.37. The highest BCUT2D eigenvalue weighted by atomic mass is 16.6. The lowest BCUT2D eigenvalue weighted by atomic mass is 10.1. The third kappa shape index (κ3) is 3.16. The van der Waals surface area contributed by atoms with Crippen LogP contribution in [0.5, 0.6) is 0 Å². The Labute approximate surface area is 104 Å². The van der Waals surface area contributed by atoms with Gasteiger partial charge in [0.25, 0.3) is 0 Å². The smallest absolute Gasteiger partial charge is 0.333 e. The molecule has 0 unspecified atom stereocenters. The maximum Gasteiger partial charge on any atom is 0.333 e. The number of carbonyl (C=O) groups excluding carboxylic acids is 1. The molecular weight excluding hydrogens is 238 g/mol. The van der Waals surface area contributed by atoms with Crippen LogP contribution in [0.2, 0.25) is 0 Å². The fourth-order valence-electron chi connectivity index (χ4n) is 1.28. The van der Waals surface area contributed by atoms with Crippen LogP contribution in [0.1, 0.15) is 26.5 Å². The van der Waals surface area contributed by atoms with E-state index < -0.39 is 16.4 Å². The summed E-state index contributed by atoms with van der Waals surface area (Å²) in [6.07, 6.45) is 3.64. The fraction of sp³-hybridized carbons (Fsp3) is 0.455. The highest BCUT2D eigenvalue weighted by Gasteiger charge is 2.32. The van der Waals surface area contributed by atoms with Gasteiger partial charge in [-0.3, -0.25) is 14.8 Å². The average Bonchev–Trinajstić information content (AvgIpc) is 2.75. The first kappa shape index (κ1) is 13.9. The molecule has 0 aliphatic heterocycles. The van der Waals surface area contributed by atoms with Crippen molar-refractivity contribution in [3.8, 4) is 0 Å². The molecule has 18 heavy (non-hydrogen) atoms. The van der Waals surface area contributed by atoms with Crippen molar-refractivity contribution in [1.82, 2.24) is 9.78 Å². The lowest BCUT2D eigenvalue weighted by Gasteiger charge is -2.22. The molecular formula is C11H15N3O4. The van der Waals surface area contributed by atoms with E-state index in [2.05, 4.69) is 5.10 Å². The summed E-state index contributed by atoms with van der Waals surface area (Å²) < 4.78 is 6.36. The summed E-state index contributed by atoms with van der Waals surface area (Å²) >= 11 is 0. The van der Waals surface area contributed by atoms with Crippen LogP contribution in [0.4, 0.5) is 0 Å². The van der Waals surface area contributed by atoms with E-state index in [-0.39, 0.29) is 6.61 Å². The van der Waals surface area contributed by atoms with Gasteiger partial charge in [0.05, 0.1) is 17.2 Å². The molecule has 0 atom stereocenters. The van der Waals surface area contributed by atoms with Crippen LogP contribution in [0.25, 0.3) is 6.08 Å². The molecule has 0 bridgehead atoms. The minimum Gasteiger partial charge on any atom is -0.464 e. The minimum absolute atomic E-state index is 0.289. The highest BCUT2D eigenvalue weighted by molar-refractivity contribution is 5.77. The lowest BCUT2D eigenvalue weighted by molar-refractivity contribution is -0.401. The maximum atomic E-state index is 11.7. The zero-order chi connectivity index (χ0) is 13.8. The SMILES string of the molecule is CCOC(=O)C(C)(C)n1ccc(/C=C/[N+](=O)[O-])n1. The quantitative estimate of drug-likeness (QED) is 0.450. The van der Waals surface area contributed by atoms with Gasteiger partial charge in [0.1, 0.15) is 0 Å². The van der Waals surface area contributed by atoms with Crippen molar-refractivity contribution < 1.29 is 14.5 Å². The molecule has 0 N–H and O–H groups in total. The van der Waals surface area contributed by atoms with E-state index in [9.17, 15) is 14.9 Å². The number of carbonyl (C=O) groups is 1. The first-order valence-electron chi connectivity index (χ1n) is 5.43. The Hall–Kier alpha value is -2.18. The number of nitrogens with zero attached hydrogens (tertiary/aromatic N) is 3. The van der Waals surface area contributed by atoms with E-state index in [4.69, 9.17) is 4.74 Å². The summed E-state index contributed by atoms with van der Waals surface area (Å²) in [4.78, 5) is 21.3. The molecule has 0 radical (unpaired) electrons. The number of hydrogen-bond acceptors (Lipinski definition) is 5. The molecule has 0 saturated heterocycles. The van der Waals surface area contributed by atoms with Crippen molar-refractivity contribution in [3.63, 3.8) is 0 Å². The molecule has 0 amide bonds. The standard InChI is InChI=1S/C11H15N3O4/c1-4-18-10(15)11(2,3)13-7-5-9(12-13)6-8-14(16)17/h5-8H,4H2,1-3H3/b8-6+. The molecule has 0 fully saturated rings. The minimum atomic E-state index is -0.948. The van der Waals surface area contributed by atoms with Gasteiger partial charge in [0.2, 0.25) is 6.20 Å². The van der Waals surface area contributed by atoms with Gasteiger partial charge < -0.3 is 4.74 Å². The lowest BCUT2D eigenvalue weighted by Crippen LogP contribution is -2.37. The molecule has 0 saturated carbocycles. The zero-order valence-electron chi connectivity index (χ0n) is 10.5. The molecule has 1 aromatic rings. The summed E-state index contributed by atoms with van der Waals surface area (Å²) in [7, 11) is 0. The Balaban J connectivity index is 2.90. The van der Waals surface area contributed by atoms with E-state index in [0.29, 0.717) is 5.69 Å². The molecule has 1 rings (SSSR count). The van der Waals surface area contributed by atoms with Crippen molar-refractivity contribution in [1.29, 1.82) is 0 Å². The van der Waals surface area contributed by atoms with E-state index in [1.807, 2.05) is 0 Å². The molecule has 98 valence electrons. The van der Waals surface area contributed by atoms with Gasteiger partial charge in [-0.2, -0.15) is 5.10 Å². The topological polar surface area (TPSA) is 87.3 Å². The van der Waals surface area contributed by atoms with Crippen molar-refractivity contribution in [2.75, 3.05) is 6.61 Å². The third-order valence-corrected chi connectivity index (χ3v) is 2.32. The number of aromatic nitrogens is 2. The summed E-state index contributed by atoms with van der Waals surface area (Å²) in [5.74, 6) is -0.405. The molecule has 7 heteroatoms. The summed E-state index contributed by atoms with van der Waals surface area (Å²) in [5.41, 5.74) is -0.541. The number of ether oxygens (including phenoxy) is 1. The summed E-state index contributed by atoms with van der Waals surface area (Å²) in [6, 6.07) is 1.58. The number of nitro groups is 1. The van der Waals surface area contributed by atoms with E-state index >= 15 is 0 Å². The van der Waals surface area contributed by atoms with E-state index in [1.165, 1.54) is 10.8 Å². The first-order valence-corrected chi connectivity index (χ1v) is 5.43. The Bertz CT molecular complexity index is 476. The molecule has 0 aromatic carbocycles. The van der Waals surface area contributed by atoms with Crippen LogP contribution in [-0.4, -0.2) is 27.3 Å². The molecule has 0 aliphatic carbocycles. The van der Waals surface area contributed by atoms with Gasteiger partial charge in [-0.25, -0.2) is 4.79 Å². The normalized spacial score (nSPS) is 11.7. The molecule has 0 spiro atoms. The summed E-state index contributed by atoms with van der Waals surface area (Å²) in [5, 5.41) is 14.3. The van der Waals surface area contributed by atoms with Crippen LogP contribution in [0.3, 0.4) is 0 Å². The van der Waals surface area contributed by atoms with Crippen molar-refractivity contribution in [2.24, 2.45) is 0 Å². The van der Waals surface area contributed by atoms with Crippen LogP contribution in [0.15, 0.2) is 18.5 Å². The van der Waals surface area contributed by atoms with Gasteiger partial charge in [-0.1, -0.05) is 0 Å². The van der Waals surface area contributed by atoms with Gasteiger partial charge in [-0.15, -0.1) is 0 Å².